The van der Waals surface area contributed by atoms with Gasteiger partial charge in [0.1, 0.15) is 11.9 Å². The minimum absolute atomic E-state index is 0.110. The molecular formula is C37H36N4O3. The summed E-state index contributed by atoms with van der Waals surface area (Å²) in [6, 6.07) is 32.6. The van der Waals surface area contributed by atoms with Gasteiger partial charge in [-0.05, 0) is 78.8 Å². The Hall–Kier alpha value is -4.72. The lowest BCUT2D eigenvalue weighted by atomic mass is 9.96. The molecule has 7 heteroatoms. The molecule has 0 saturated carbocycles. The zero-order chi connectivity index (χ0) is 30.4. The Morgan fingerprint density at radius 2 is 1.70 bits per heavy atom. The highest BCUT2D eigenvalue weighted by Gasteiger charge is 2.41. The van der Waals surface area contributed by atoms with Crippen LogP contribution in [0.15, 0.2) is 97.1 Å². The number of benzene rings is 4. The second kappa shape index (κ2) is 11.4. The molecule has 0 N–H and O–H groups in total. The average molecular weight is 585 g/mol. The first-order chi connectivity index (χ1) is 21.5. The highest BCUT2D eigenvalue weighted by molar-refractivity contribution is 6.08. The van der Waals surface area contributed by atoms with Crippen molar-refractivity contribution < 1.29 is 14.3 Å². The molecule has 1 aromatic heterocycles. The number of carbonyl (C=O) groups excluding carboxylic acids is 2. The Morgan fingerprint density at radius 3 is 2.50 bits per heavy atom. The Kier molecular flexibility index (Phi) is 7.28. The van der Waals surface area contributed by atoms with Gasteiger partial charge in [-0.3, -0.25) is 19.4 Å². The van der Waals surface area contributed by atoms with Crippen LogP contribution in [-0.4, -0.2) is 66.9 Å². The van der Waals surface area contributed by atoms with Crippen LogP contribution in [0.1, 0.15) is 44.7 Å². The minimum atomic E-state index is -0.381. The molecule has 7 nitrogen and oxygen atoms in total. The topological polar surface area (TPSA) is 58.0 Å². The Bertz CT molecular complexity index is 1870. The Balaban J connectivity index is 1.37. The van der Waals surface area contributed by atoms with Crippen molar-refractivity contribution in [2.24, 2.45) is 0 Å². The summed E-state index contributed by atoms with van der Waals surface area (Å²) in [7, 11) is 5.87. The molecule has 2 aliphatic heterocycles. The number of nitrogens with zero attached hydrogens (tertiary/aromatic N) is 4. The molecule has 5 aromatic rings. The van der Waals surface area contributed by atoms with E-state index >= 15 is 0 Å². The lowest BCUT2D eigenvalue weighted by molar-refractivity contribution is 0.0930. The van der Waals surface area contributed by atoms with E-state index in [4.69, 9.17) is 4.74 Å². The highest BCUT2D eigenvalue weighted by Crippen LogP contribution is 2.41. The molecule has 1 fully saturated rings. The molecule has 2 aliphatic rings. The number of hydrogen-bond acceptors (Lipinski definition) is 5. The predicted octanol–water partition coefficient (Wildman–Crippen LogP) is 6.47. The van der Waals surface area contributed by atoms with Gasteiger partial charge in [-0.1, -0.05) is 60.7 Å². The maximum atomic E-state index is 14.9. The van der Waals surface area contributed by atoms with Crippen LogP contribution in [0, 0.1) is 0 Å². The number of methoxy groups -OCH3 is 1. The monoisotopic (exact) mass is 584 g/mol. The van der Waals surface area contributed by atoms with Gasteiger partial charge in [-0.2, -0.15) is 0 Å². The van der Waals surface area contributed by atoms with E-state index in [2.05, 4.69) is 58.8 Å². The molecule has 7 rings (SSSR count). The number of aldehydes is 1. The molecule has 0 bridgehead atoms. The Labute approximate surface area is 257 Å². The van der Waals surface area contributed by atoms with E-state index in [1.54, 1.807) is 7.11 Å². The third-order valence-corrected chi connectivity index (χ3v) is 9.28. The molecule has 2 atom stereocenters. The van der Waals surface area contributed by atoms with Crippen molar-refractivity contribution in [2.75, 3.05) is 39.2 Å². The fraction of sp³-hybridized carbons (Fsp3) is 0.243. The van der Waals surface area contributed by atoms with Gasteiger partial charge in [0.2, 0.25) is 0 Å². The van der Waals surface area contributed by atoms with Crippen LogP contribution in [-0.2, 0) is 6.54 Å². The van der Waals surface area contributed by atoms with Crippen molar-refractivity contribution in [3.05, 3.63) is 120 Å². The number of likely N-dealkylation sites (tertiary alicyclic amines) is 1. The van der Waals surface area contributed by atoms with Crippen LogP contribution in [0.2, 0.25) is 0 Å². The lowest BCUT2D eigenvalue weighted by Gasteiger charge is -2.38. The number of rotatable bonds is 6. The van der Waals surface area contributed by atoms with Crippen molar-refractivity contribution in [3.63, 3.8) is 0 Å². The van der Waals surface area contributed by atoms with E-state index in [1.807, 2.05) is 71.6 Å². The molecule has 0 aliphatic carbocycles. The molecule has 4 aromatic carbocycles. The van der Waals surface area contributed by atoms with E-state index in [9.17, 15) is 9.59 Å². The maximum absolute atomic E-state index is 14.9. The van der Waals surface area contributed by atoms with Crippen molar-refractivity contribution in [1.29, 1.82) is 0 Å². The summed E-state index contributed by atoms with van der Waals surface area (Å²) in [5.41, 5.74) is 5.94. The van der Waals surface area contributed by atoms with Gasteiger partial charge in [-0.15, -0.1) is 0 Å². The first-order valence-corrected chi connectivity index (χ1v) is 15.1. The van der Waals surface area contributed by atoms with Crippen molar-refractivity contribution >= 4 is 28.7 Å². The summed E-state index contributed by atoms with van der Waals surface area (Å²) >= 11 is 0. The van der Waals surface area contributed by atoms with Crippen LogP contribution in [0.25, 0.3) is 21.9 Å². The van der Waals surface area contributed by atoms with Gasteiger partial charge in [0.05, 0.1) is 30.7 Å². The van der Waals surface area contributed by atoms with Crippen LogP contribution in [0.3, 0.4) is 0 Å². The van der Waals surface area contributed by atoms with Crippen molar-refractivity contribution in [2.45, 2.75) is 25.2 Å². The largest absolute Gasteiger partial charge is 0.496 e. The average Bonchev–Trinajstić information content (AvgIpc) is 3.68. The number of ether oxygens (including phenoxy) is 1. The van der Waals surface area contributed by atoms with Crippen molar-refractivity contribution in [3.8, 4) is 16.9 Å². The summed E-state index contributed by atoms with van der Waals surface area (Å²) in [6.07, 6.45) is 1.53. The van der Waals surface area contributed by atoms with E-state index in [1.165, 1.54) is 0 Å². The zero-order valence-electron chi connectivity index (χ0n) is 25.3. The lowest BCUT2D eigenvalue weighted by Crippen LogP contribution is -2.45. The molecule has 222 valence electrons. The van der Waals surface area contributed by atoms with Crippen LogP contribution < -0.4 is 9.64 Å². The summed E-state index contributed by atoms with van der Waals surface area (Å²) in [4.78, 5) is 33.6. The number of aromatic nitrogens is 1. The predicted molar refractivity (Wildman–Crippen MR) is 175 cm³/mol. The van der Waals surface area contributed by atoms with Crippen LogP contribution in [0.5, 0.6) is 5.75 Å². The first-order valence-electron chi connectivity index (χ1n) is 15.1. The van der Waals surface area contributed by atoms with Gasteiger partial charge in [0.25, 0.3) is 5.91 Å². The summed E-state index contributed by atoms with van der Waals surface area (Å²) < 4.78 is 8.00. The van der Waals surface area contributed by atoms with E-state index in [0.717, 1.165) is 64.6 Å². The van der Waals surface area contributed by atoms with Crippen LogP contribution >= 0.6 is 0 Å². The van der Waals surface area contributed by atoms with Gasteiger partial charge in [-0.25, -0.2) is 0 Å². The molecule has 0 spiro atoms. The standard InChI is InChI=1S/C37H36N4O3/c1-38(2)28-19-20-39(23-28)36-34-18-16-29(24-42)40(34)22-27-10-5-7-14-33(27)41(36)37(43)26-15-17-32(35(21-26)44-3)31-13-8-11-25-9-4-6-12-30(25)31/h4-18,21,24,28,36H,19-20,22-23H2,1-3H3/t28-,36?/m1/s1. The quantitative estimate of drug-likeness (QED) is 0.214. The van der Waals surface area contributed by atoms with E-state index in [0.29, 0.717) is 29.6 Å². The Morgan fingerprint density at radius 1 is 0.909 bits per heavy atom. The molecule has 1 unspecified atom stereocenters. The SMILES string of the molecule is COc1cc(C(=O)N2c3ccccc3Cn3c(C=O)ccc3C2N2CC[C@@H](N(C)C)C2)ccc1-c1cccc2ccccc12. The first kappa shape index (κ1) is 28.1. The molecule has 1 amide bonds. The third kappa shape index (κ3) is 4.69. The number of carbonyl (C=O) groups is 2. The van der Waals surface area contributed by atoms with Gasteiger partial charge < -0.3 is 14.2 Å². The second-order valence-corrected chi connectivity index (χ2v) is 11.9. The summed E-state index contributed by atoms with van der Waals surface area (Å²) in [6.45, 7) is 2.17. The number of amides is 1. The molecular weight excluding hydrogens is 548 g/mol. The number of likely N-dealkylation sites (N-methyl/N-ethyl adjacent to an activating group) is 1. The third-order valence-electron chi connectivity index (χ3n) is 9.28. The molecule has 1 saturated heterocycles. The summed E-state index contributed by atoms with van der Waals surface area (Å²) in [5, 5.41) is 2.28. The minimum Gasteiger partial charge on any atom is -0.496 e. The highest BCUT2D eigenvalue weighted by atomic mass is 16.5. The fourth-order valence-electron chi connectivity index (χ4n) is 6.95. The maximum Gasteiger partial charge on any atom is 0.260 e. The smallest absolute Gasteiger partial charge is 0.260 e. The van der Waals surface area contributed by atoms with Gasteiger partial charge in [0, 0.05) is 30.3 Å². The van der Waals surface area contributed by atoms with E-state index < -0.39 is 0 Å². The van der Waals surface area contributed by atoms with Gasteiger partial charge >= 0.3 is 0 Å². The molecule has 44 heavy (non-hydrogen) atoms. The van der Waals surface area contributed by atoms with Crippen molar-refractivity contribution in [1.82, 2.24) is 14.4 Å². The number of fused-ring (bicyclic) bond motifs is 3. The molecule has 3 heterocycles. The number of hydrogen-bond donors (Lipinski definition) is 0. The second-order valence-electron chi connectivity index (χ2n) is 11.9. The fourth-order valence-corrected chi connectivity index (χ4v) is 6.95. The normalized spacial score (nSPS) is 18.2. The molecule has 0 radical (unpaired) electrons. The number of para-hydroxylation sites is 1. The zero-order valence-corrected chi connectivity index (χ0v) is 25.3. The number of anilines is 1. The van der Waals surface area contributed by atoms with Crippen LogP contribution in [0.4, 0.5) is 5.69 Å². The van der Waals surface area contributed by atoms with Gasteiger partial charge in [0.15, 0.2) is 6.29 Å². The van der Waals surface area contributed by atoms with E-state index in [-0.39, 0.29) is 12.1 Å². The summed E-state index contributed by atoms with van der Waals surface area (Å²) in [5.74, 6) is 0.535.